The van der Waals surface area contributed by atoms with E-state index in [0.29, 0.717) is 17.1 Å². The second-order valence-corrected chi connectivity index (χ2v) is 4.24. The van der Waals surface area contributed by atoms with Crippen molar-refractivity contribution < 1.29 is 13.6 Å². The molecule has 104 valence electrons. The summed E-state index contributed by atoms with van der Waals surface area (Å²) in [7, 11) is 1.69. The Balaban J connectivity index is 2.25. The summed E-state index contributed by atoms with van der Waals surface area (Å²) in [4.78, 5) is 16.2. The lowest BCUT2D eigenvalue weighted by atomic mass is 10.2. The molecule has 1 heterocycles. The van der Waals surface area contributed by atoms with Gasteiger partial charge >= 0.3 is 0 Å². The molecule has 0 radical (unpaired) electrons. The molecular weight excluding hydrogens is 264 g/mol. The Morgan fingerprint density at radius 3 is 2.35 bits per heavy atom. The van der Waals surface area contributed by atoms with Crippen molar-refractivity contribution in [3.63, 3.8) is 0 Å². The van der Waals surface area contributed by atoms with Crippen LogP contribution in [0.4, 0.5) is 20.3 Å². The first kappa shape index (κ1) is 13.9. The Labute approximate surface area is 114 Å². The van der Waals surface area contributed by atoms with E-state index in [1.54, 1.807) is 26.1 Å². The molecule has 1 aromatic carbocycles. The lowest BCUT2D eigenvalue weighted by Crippen LogP contribution is -2.13. The summed E-state index contributed by atoms with van der Waals surface area (Å²) in [5.41, 5.74) is 1.08. The molecule has 0 atom stereocenters. The first-order chi connectivity index (χ1) is 9.47. The smallest absolute Gasteiger partial charge is 0.255 e. The van der Waals surface area contributed by atoms with Crippen molar-refractivity contribution in [3.05, 3.63) is 53.2 Å². The molecule has 6 heteroatoms. The highest BCUT2D eigenvalue weighted by Gasteiger charge is 2.10. The maximum Gasteiger partial charge on any atom is 0.255 e. The summed E-state index contributed by atoms with van der Waals surface area (Å²) in [6.45, 7) is 1.75. The minimum atomic E-state index is -0.748. The molecule has 2 rings (SSSR count). The number of hydrogen-bond acceptors (Lipinski definition) is 3. The summed E-state index contributed by atoms with van der Waals surface area (Å²) in [6, 6.07) is 5.98. The van der Waals surface area contributed by atoms with E-state index in [4.69, 9.17) is 0 Å². The van der Waals surface area contributed by atoms with Crippen LogP contribution in [0.3, 0.4) is 0 Å². The summed E-state index contributed by atoms with van der Waals surface area (Å²) in [5.74, 6) is -1.41. The van der Waals surface area contributed by atoms with Gasteiger partial charge in [-0.05, 0) is 31.2 Å². The van der Waals surface area contributed by atoms with Gasteiger partial charge in [-0.2, -0.15) is 0 Å². The van der Waals surface area contributed by atoms with Crippen molar-refractivity contribution >= 4 is 17.4 Å². The zero-order valence-electron chi connectivity index (χ0n) is 11.0. The maximum atomic E-state index is 13.1. The van der Waals surface area contributed by atoms with Gasteiger partial charge in [-0.3, -0.25) is 4.79 Å². The number of carbonyl (C=O) groups is 1. The van der Waals surface area contributed by atoms with Crippen LogP contribution in [0.5, 0.6) is 0 Å². The Hall–Kier alpha value is -2.50. The molecule has 0 spiro atoms. The van der Waals surface area contributed by atoms with Crippen molar-refractivity contribution in [1.82, 2.24) is 4.98 Å². The predicted octanol–water partition coefficient (Wildman–Crippen LogP) is 2.96. The molecule has 0 bridgehead atoms. The van der Waals surface area contributed by atoms with Gasteiger partial charge in [0, 0.05) is 30.1 Å². The zero-order chi connectivity index (χ0) is 14.7. The van der Waals surface area contributed by atoms with Gasteiger partial charge in [0.15, 0.2) is 0 Å². The van der Waals surface area contributed by atoms with Crippen LogP contribution in [-0.2, 0) is 0 Å². The van der Waals surface area contributed by atoms with E-state index in [0.717, 1.165) is 18.2 Å². The Kier molecular flexibility index (Phi) is 3.93. The molecule has 1 aromatic heterocycles. The SMILES string of the molecule is CNc1cc(C(=O)Nc2cc(F)cc(F)c2)cc(C)n1. The van der Waals surface area contributed by atoms with Gasteiger partial charge in [-0.25, -0.2) is 13.8 Å². The fraction of sp³-hybridized carbons (Fsp3) is 0.143. The molecule has 0 fully saturated rings. The summed E-state index contributed by atoms with van der Waals surface area (Å²) in [5, 5.41) is 5.28. The minimum Gasteiger partial charge on any atom is -0.373 e. The predicted molar refractivity (Wildman–Crippen MR) is 72.8 cm³/mol. The topological polar surface area (TPSA) is 54.0 Å². The minimum absolute atomic E-state index is 0.0629. The molecule has 2 aromatic rings. The highest BCUT2D eigenvalue weighted by atomic mass is 19.1. The molecule has 20 heavy (non-hydrogen) atoms. The van der Waals surface area contributed by atoms with Crippen LogP contribution in [0.1, 0.15) is 16.1 Å². The Morgan fingerprint density at radius 2 is 1.75 bits per heavy atom. The molecule has 0 unspecified atom stereocenters. The molecule has 0 aliphatic heterocycles. The number of amides is 1. The van der Waals surface area contributed by atoms with Crippen LogP contribution in [0.15, 0.2) is 30.3 Å². The van der Waals surface area contributed by atoms with Crippen molar-refractivity contribution in [1.29, 1.82) is 0 Å². The van der Waals surface area contributed by atoms with E-state index in [-0.39, 0.29) is 5.69 Å². The van der Waals surface area contributed by atoms with Crippen molar-refractivity contribution in [3.8, 4) is 0 Å². The number of benzene rings is 1. The fourth-order valence-electron chi connectivity index (χ4n) is 1.76. The summed E-state index contributed by atoms with van der Waals surface area (Å²) in [6.07, 6.45) is 0. The Bertz CT molecular complexity index is 639. The fourth-order valence-corrected chi connectivity index (χ4v) is 1.76. The molecule has 4 nitrogen and oxygen atoms in total. The first-order valence-electron chi connectivity index (χ1n) is 5.92. The molecule has 0 aliphatic carbocycles. The number of carbonyl (C=O) groups excluding carboxylic acids is 1. The molecule has 0 aliphatic rings. The third kappa shape index (κ3) is 3.28. The molecule has 0 saturated carbocycles. The molecular formula is C14H13F2N3O. The number of aromatic nitrogens is 1. The van der Waals surface area contributed by atoms with Crippen LogP contribution in [0.25, 0.3) is 0 Å². The second kappa shape index (κ2) is 5.64. The van der Waals surface area contributed by atoms with E-state index in [1.807, 2.05) is 0 Å². The van der Waals surface area contributed by atoms with E-state index in [2.05, 4.69) is 15.6 Å². The van der Waals surface area contributed by atoms with Crippen LogP contribution in [0, 0.1) is 18.6 Å². The van der Waals surface area contributed by atoms with E-state index < -0.39 is 17.5 Å². The van der Waals surface area contributed by atoms with Gasteiger partial charge in [0.1, 0.15) is 17.5 Å². The maximum absolute atomic E-state index is 13.1. The van der Waals surface area contributed by atoms with Gasteiger partial charge in [-0.15, -0.1) is 0 Å². The van der Waals surface area contributed by atoms with Gasteiger partial charge in [0.25, 0.3) is 5.91 Å². The summed E-state index contributed by atoms with van der Waals surface area (Å²) >= 11 is 0. The van der Waals surface area contributed by atoms with Gasteiger partial charge in [0.05, 0.1) is 0 Å². The average Bonchev–Trinajstić information content (AvgIpc) is 2.36. The second-order valence-electron chi connectivity index (χ2n) is 4.24. The lowest BCUT2D eigenvalue weighted by Gasteiger charge is -2.08. The molecule has 1 amide bonds. The highest BCUT2D eigenvalue weighted by Crippen LogP contribution is 2.16. The van der Waals surface area contributed by atoms with Crippen molar-refractivity contribution in [2.24, 2.45) is 0 Å². The van der Waals surface area contributed by atoms with Crippen LogP contribution in [-0.4, -0.2) is 17.9 Å². The summed E-state index contributed by atoms with van der Waals surface area (Å²) < 4.78 is 26.1. The number of anilines is 2. The van der Waals surface area contributed by atoms with E-state index in [9.17, 15) is 13.6 Å². The molecule has 2 N–H and O–H groups in total. The number of nitrogens with zero attached hydrogens (tertiary/aromatic N) is 1. The number of rotatable bonds is 3. The van der Waals surface area contributed by atoms with Gasteiger partial charge < -0.3 is 10.6 Å². The van der Waals surface area contributed by atoms with Crippen molar-refractivity contribution in [2.45, 2.75) is 6.92 Å². The third-order valence-corrected chi connectivity index (χ3v) is 2.59. The third-order valence-electron chi connectivity index (χ3n) is 2.59. The number of pyridine rings is 1. The highest BCUT2D eigenvalue weighted by molar-refractivity contribution is 6.04. The average molecular weight is 277 g/mol. The lowest BCUT2D eigenvalue weighted by molar-refractivity contribution is 0.102. The van der Waals surface area contributed by atoms with Crippen LogP contribution in [0.2, 0.25) is 0 Å². The number of nitrogens with one attached hydrogen (secondary N) is 2. The van der Waals surface area contributed by atoms with E-state index in [1.165, 1.54) is 0 Å². The quantitative estimate of drug-likeness (QED) is 0.907. The van der Waals surface area contributed by atoms with Crippen LogP contribution < -0.4 is 10.6 Å². The number of hydrogen-bond donors (Lipinski definition) is 2. The van der Waals surface area contributed by atoms with Crippen LogP contribution >= 0.6 is 0 Å². The standard InChI is InChI=1S/C14H13F2N3O/c1-8-3-9(4-13(17-2)18-8)14(20)19-12-6-10(15)5-11(16)7-12/h3-7H,1-2H3,(H,17,18)(H,19,20). The first-order valence-corrected chi connectivity index (χ1v) is 5.92. The number of aryl methyl sites for hydroxylation is 1. The molecule has 0 saturated heterocycles. The monoisotopic (exact) mass is 277 g/mol. The Morgan fingerprint density at radius 1 is 1.10 bits per heavy atom. The normalized spacial score (nSPS) is 10.2. The van der Waals surface area contributed by atoms with Gasteiger partial charge in [-0.1, -0.05) is 0 Å². The zero-order valence-corrected chi connectivity index (χ0v) is 11.0. The van der Waals surface area contributed by atoms with Gasteiger partial charge in [0.2, 0.25) is 0 Å². The number of halogens is 2. The van der Waals surface area contributed by atoms with Crippen molar-refractivity contribution in [2.75, 3.05) is 17.7 Å². The largest absolute Gasteiger partial charge is 0.373 e. The van der Waals surface area contributed by atoms with E-state index >= 15 is 0 Å².